The summed E-state index contributed by atoms with van der Waals surface area (Å²) < 4.78 is 10.3. The van der Waals surface area contributed by atoms with E-state index in [2.05, 4.69) is 4.99 Å². The number of benzene rings is 2. The molecule has 3 rings (SSSR count). The van der Waals surface area contributed by atoms with E-state index in [0.717, 1.165) is 16.0 Å². The Morgan fingerprint density at radius 3 is 2.04 bits per heavy atom. The molecule has 0 radical (unpaired) electrons. The highest BCUT2D eigenvalue weighted by Gasteiger charge is 2.38. The molecule has 2 aromatic rings. The van der Waals surface area contributed by atoms with Gasteiger partial charge in [0.2, 0.25) is 5.96 Å². The predicted octanol–water partition coefficient (Wildman–Crippen LogP) is 2.79. The number of amides is 3. The summed E-state index contributed by atoms with van der Waals surface area (Å²) >= 11 is 0. The van der Waals surface area contributed by atoms with Gasteiger partial charge in [-0.15, -0.1) is 4.99 Å². The van der Waals surface area contributed by atoms with Crippen LogP contribution < -0.4 is 0 Å². The third-order valence-electron chi connectivity index (χ3n) is 3.95. The van der Waals surface area contributed by atoms with Gasteiger partial charge in [-0.25, -0.2) is 9.59 Å². The average molecular weight is 381 g/mol. The molecule has 8 nitrogen and oxygen atoms in total. The van der Waals surface area contributed by atoms with Gasteiger partial charge in [0, 0.05) is 7.05 Å². The summed E-state index contributed by atoms with van der Waals surface area (Å²) in [5, 5.41) is 0. The molecule has 0 aliphatic carbocycles. The van der Waals surface area contributed by atoms with Crippen molar-refractivity contribution in [2.75, 3.05) is 13.6 Å². The van der Waals surface area contributed by atoms with Crippen LogP contribution in [0.4, 0.5) is 9.59 Å². The summed E-state index contributed by atoms with van der Waals surface area (Å²) in [5.74, 6) is -0.656. The summed E-state index contributed by atoms with van der Waals surface area (Å²) in [4.78, 5) is 42.5. The van der Waals surface area contributed by atoms with E-state index in [1.165, 1.54) is 4.90 Å². The fourth-order valence-corrected chi connectivity index (χ4v) is 2.56. The maximum Gasteiger partial charge on any atom is 0.437 e. The van der Waals surface area contributed by atoms with E-state index in [-0.39, 0.29) is 25.7 Å². The summed E-state index contributed by atoms with van der Waals surface area (Å²) in [5.41, 5.74) is 1.57. The minimum atomic E-state index is -0.902. The van der Waals surface area contributed by atoms with Gasteiger partial charge < -0.3 is 14.4 Å². The van der Waals surface area contributed by atoms with Crippen LogP contribution in [-0.4, -0.2) is 47.4 Å². The number of carbonyl (C=O) groups excluding carboxylic acids is 3. The first-order chi connectivity index (χ1) is 13.5. The monoisotopic (exact) mass is 381 g/mol. The molecule has 0 N–H and O–H groups in total. The van der Waals surface area contributed by atoms with Crippen molar-refractivity contribution in [1.82, 2.24) is 9.80 Å². The molecule has 28 heavy (non-hydrogen) atoms. The van der Waals surface area contributed by atoms with E-state index in [9.17, 15) is 14.4 Å². The number of hydrogen-bond acceptors (Lipinski definition) is 5. The second-order valence-electron chi connectivity index (χ2n) is 6.08. The van der Waals surface area contributed by atoms with Gasteiger partial charge >= 0.3 is 12.2 Å². The number of hydrogen-bond donors (Lipinski definition) is 0. The third kappa shape index (κ3) is 4.73. The summed E-state index contributed by atoms with van der Waals surface area (Å²) in [6, 6.07) is 18.2. The van der Waals surface area contributed by atoms with Crippen LogP contribution in [-0.2, 0) is 27.5 Å². The van der Waals surface area contributed by atoms with Gasteiger partial charge in [0.25, 0.3) is 5.91 Å². The van der Waals surface area contributed by atoms with Crippen molar-refractivity contribution >= 4 is 24.1 Å². The second kappa shape index (κ2) is 8.81. The Balaban J connectivity index is 1.65. The van der Waals surface area contributed by atoms with E-state index in [1.54, 1.807) is 31.3 Å². The van der Waals surface area contributed by atoms with Gasteiger partial charge in [-0.1, -0.05) is 60.7 Å². The van der Waals surface area contributed by atoms with E-state index < -0.39 is 18.1 Å². The molecule has 2 aromatic carbocycles. The molecule has 1 fully saturated rings. The molecule has 0 atom stereocenters. The molecular weight excluding hydrogens is 362 g/mol. The number of likely N-dealkylation sites (N-methyl/N-ethyl adjacent to an activating group) is 1. The number of aliphatic imine (C=N–C) groups is 1. The van der Waals surface area contributed by atoms with Gasteiger partial charge in [-0.3, -0.25) is 4.79 Å². The van der Waals surface area contributed by atoms with Crippen molar-refractivity contribution in [1.29, 1.82) is 0 Å². The van der Waals surface area contributed by atoms with Gasteiger partial charge in [0.1, 0.15) is 19.8 Å². The fraction of sp³-hybridized carbons (Fsp3) is 0.200. The van der Waals surface area contributed by atoms with Crippen LogP contribution in [0.1, 0.15) is 11.1 Å². The summed E-state index contributed by atoms with van der Waals surface area (Å²) in [7, 11) is 1.55. The van der Waals surface area contributed by atoms with Crippen LogP contribution in [0, 0.1) is 0 Å². The minimum Gasteiger partial charge on any atom is -0.444 e. The molecule has 1 saturated heterocycles. The summed E-state index contributed by atoms with van der Waals surface area (Å²) in [6.07, 6.45) is -1.80. The Hall–Kier alpha value is -3.68. The molecule has 144 valence electrons. The molecular formula is C20H19N3O5. The first-order valence-electron chi connectivity index (χ1n) is 8.59. The average Bonchev–Trinajstić information content (AvgIpc) is 2.99. The molecule has 1 heterocycles. The maximum atomic E-state index is 12.4. The van der Waals surface area contributed by atoms with Crippen molar-refractivity contribution in [2.45, 2.75) is 13.2 Å². The Kier molecular flexibility index (Phi) is 6.01. The van der Waals surface area contributed by atoms with Gasteiger partial charge in [0.05, 0.1) is 0 Å². The lowest BCUT2D eigenvalue weighted by Gasteiger charge is -2.16. The zero-order valence-electron chi connectivity index (χ0n) is 15.3. The predicted molar refractivity (Wildman–Crippen MR) is 100 cm³/mol. The quantitative estimate of drug-likeness (QED) is 0.809. The smallest absolute Gasteiger partial charge is 0.437 e. The van der Waals surface area contributed by atoms with Crippen LogP contribution in [0.5, 0.6) is 0 Å². The Morgan fingerprint density at radius 1 is 0.929 bits per heavy atom. The highest BCUT2D eigenvalue weighted by Crippen LogP contribution is 2.13. The zero-order valence-corrected chi connectivity index (χ0v) is 15.3. The SMILES string of the molecule is CN1CC(=O)N(C(=O)OCc2ccccc2)C1=NC(=O)OCc1ccccc1. The summed E-state index contributed by atoms with van der Waals surface area (Å²) in [6.45, 7) is -0.0588. The number of guanidine groups is 1. The lowest BCUT2D eigenvalue weighted by Crippen LogP contribution is -2.39. The van der Waals surface area contributed by atoms with Crippen molar-refractivity contribution in [3.8, 4) is 0 Å². The lowest BCUT2D eigenvalue weighted by molar-refractivity contribution is -0.124. The van der Waals surface area contributed by atoms with Gasteiger partial charge in [0.15, 0.2) is 0 Å². The third-order valence-corrected chi connectivity index (χ3v) is 3.95. The van der Waals surface area contributed by atoms with Crippen molar-refractivity contribution in [3.05, 3.63) is 71.8 Å². The van der Waals surface area contributed by atoms with Crippen LogP contribution in [0.2, 0.25) is 0 Å². The molecule has 0 unspecified atom stereocenters. The molecule has 0 spiro atoms. The van der Waals surface area contributed by atoms with E-state index in [4.69, 9.17) is 9.47 Å². The molecule has 3 amide bonds. The first-order valence-corrected chi connectivity index (χ1v) is 8.59. The second-order valence-corrected chi connectivity index (χ2v) is 6.08. The number of carbonyl (C=O) groups is 3. The van der Waals surface area contributed by atoms with Gasteiger partial charge in [-0.05, 0) is 11.1 Å². The van der Waals surface area contributed by atoms with E-state index in [0.29, 0.717) is 0 Å². The van der Waals surface area contributed by atoms with Crippen molar-refractivity contribution in [3.63, 3.8) is 0 Å². The van der Waals surface area contributed by atoms with Crippen molar-refractivity contribution in [2.24, 2.45) is 4.99 Å². The fourth-order valence-electron chi connectivity index (χ4n) is 2.56. The van der Waals surface area contributed by atoms with Crippen molar-refractivity contribution < 1.29 is 23.9 Å². The van der Waals surface area contributed by atoms with E-state index in [1.807, 2.05) is 36.4 Å². The number of nitrogens with zero attached hydrogens (tertiary/aromatic N) is 3. The van der Waals surface area contributed by atoms with Crippen LogP contribution >= 0.6 is 0 Å². The Morgan fingerprint density at radius 2 is 1.46 bits per heavy atom. The normalized spacial score (nSPS) is 15.0. The molecule has 1 aliphatic rings. The molecule has 0 aromatic heterocycles. The molecule has 8 heteroatoms. The Labute approximate surface area is 162 Å². The first kappa shape index (κ1) is 19.1. The zero-order chi connectivity index (χ0) is 19.9. The van der Waals surface area contributed by atoms with E-state index >= 15 is 0 Å². The number of rotatable bonds is 4. The number of ether oxygens (including phenoxy) is 2. The highest BCUT2D eigenvalue weighted by atomic mass is 16.6. The molecule has 0 bridgehead atoms. The molecule has 0 saturated carbocycles. The van der Waals surface area contributed by atoms with Crippen LogP contribution in [0.15, 0.2) is 65.7 Å². The van der Waals surface area contributed by atoms with Crippen LogP contribution in [0.25, 0.3) is 0 Å². The largest absolute Gasteiger partial charge is 0.444 e. The molecule has 1 aliphatic heterocycles. The maximum absolute atomic E-state index is 12.4. The minimum absolute atomic E-state index is 0.00109. The standard InChI is InChI=1S/C20H19N3O5/c1-22-12-17(24)23(20(26)28-14-16-10-6-3-7-11-16)18(22)21-19(25)27-13-15-8-4-2-5-9-15/h2-11H,12-14H2,1H3. The lowest BCUT2D eigenvalue weighted by atomic mass is 10.2. The topological polar surface area (TPSA) is 88.5 Å². The van der Waals surface area contributed by atoms with Crippen LogP contribution in [0.3, 0.4) is 0 Å². The Bertz CT molecular complexity index is 883. The highest BCUT2D eigenvalue weighted by molar-refractivity contribution is 6.16. The number of imide groups is 1. The van der Waals surface area contributed by atoms with Gasteiger partial charge in [-0.2, -0.15) is 4.90 Å².